The van der Waals surface area contributed by atoms with E-state index in [2.05, 4.69) is 29.2 Å². The van der Waals surface area contributed by atoms with E-state index >= 15 is 0 Å². The summed E-state index contributed by atoms with van der Waals surface area (Å²) in [4.78, 5) is 31.4. The lowest BCUT2D eigenvalue weighted by Gasteiger charge is -2.35. The topological polar surface area (TPSA) is 48.8 Å². The summed E-state index contributed by atoms with van der Waals surface area (Å²) in [6.45, 7) is 4.06. The number of rotatable bonds is 6. The molecule has 0 bridgehead atoms. The Kier molecular flexibility index (Phi) is 6.48. The quantitative estimate of drug-likeness (QED) is 0.621. The molecule has 31 heavy (non-hydrogen) atoms. The summed E-state index contributed by atoms with van der Waals surface area (Å²) in [7, 11) is 1.69. The molecule has 1 saturated heterocycles. The van der Waals surface area contributed by atoms with Crippen LogP contribution in [0.2, 0.25) is 0 Å². The average Bonchev–Trinajstić information content (AvgIpc) is 3.35. The van der Waals surface area contributed by atoms with Crippen LogP contribution in [0.25, 0.3) is 5.69 Å². The summed E-state index contributed by atoms with van der Waals surface area (Å²) in [5.41, 5.74) is 2.79. The molecule has 0 unspecified atom stereocenters. The average molecular weight is 417 g/mol. The van der Waals surface area contributed by atoms with Gasteiger partial charge in [0.25, 0.3) is 5.91 Å². The Labute approximate surface area is 183 Å². The highest BCUT2D eigenvalue weighted by Gasteiger charge is 2.23. The maximum Gasteiger partial charge on any atom is 0.254 e. The summed E-state index contributed by atoms with van der Waals surface area (Å²) in [5, 5.41) is 0. The number of piperazine rings is 1. The lowest BCUT2D eigenvalue weighted by atomic mass is 10.1. The normalized spacial score (nSPS) is 14.4. The van der Waals surface area contributed by atoms with Crippen molar-refractivity contribution < 1.29 is 9.59 Å². The molecule has 0 aliphatic carbocycles. The number of hydrogen-bond donors (Lipinski definition) is 0. The Bertz CT molecular complexity index is 1010. The van der Waals surface area contributed by atoms with Crippen molar-refractivity contribution in [2.45, 2.75) is 6.54 Å². The van der Waals surface area contributed by atoms with Gasteiger partial charge in [0, 0.05) is 63.4 Å². The minimum atomic E-state index is -0.148. The summed E-state index contributed by atoms with van der Waals surface area (Å²) in [6.07, 6.45) is 3.88. The van der Waals surface area contributed by atoms with Gasteiger partial charge in [0.2, 0.25) is 5.91 Å². The van der Waals surface area contributed by atoms with E-state index in [0.717, 1.165) is 25.3 Å². The summed E-state index contributed by atoms with van der Waals surface area (Å²) >= 11 is 0. The number of nitrogens with zero attached hydrogens (tertiary/aromatic N) is 4. The van der Waals surface area contributed by atoms with Gasteiger partial charge >= 0.3 is 0 Å². The van der Waals surface area contributed by atoms with Gasteiger partial charge in [-0.1, -0.05) is 36.4 Å². The first-order valence-electron chi connectivity index (χ1n) is 10.6. The van der Waals surface area contributed by atoms with Crippen molar-refractivity contribution in [3.8, 4) is 5.69 Å². The van der Waals surface area contributed by atoms with Crippen LogP contribution in [0.5, 0.6) is 0 Å². The molecule has 2 aromatic carbocycles. The molecule has 2 heterocycles. The lowest BCUT2D eigenvalue weighted by Crippen LogP contribution is -2.51. The van der Waals surface area contributed by atoms with E-state index < -0.39 is 0 Å². The Hall–Kier alpha value is -3.38. The van der Waals surface area contributed by atoms with Crippen LogP contribution in [0.15, 0.2) is 79.1 Å². The van der Waals surface area contributed by atoms with Crippen LogP contribution in [0.4, 0.5) is 0 Å². The van der Waals surface area contributed by atoms with Gasteiger partial charge in [-0.05, 0) is 35.9 Å². The molecule has 2 amide bonds. The van der Waals surface area contributed by atoms with Crippen LogP contribution < -0.4 is 0 Å². The first-order chi connectivity index (χ1) is 15.1. The first kappa shape index (κ1) is 20.9. The molecule has 1 aliphatic heterocycles. The third kappa shape index (κ3) is 5.22. The van der Waals surface area contributed by atoms with Crippen molar-refractivity contribution in [1.82, 2.24) is 19.3 Å². The van der Waals surface area contributed by atoms with Crippen molar-refractivity contribution in [1.29, 1.82) is 0 Å². The molecule has 0 spiro atoms. The smallest absolute Gasteiger partial charge is 0.254 e. The van der Waals surface area contributed by atoms with E-state index in [1.54, 1.807) is 13.1 Å². The van der Waals surface area contributed by atoms with E-state index in [-0.39, 0.29) is 18.4 Å². The van der Waals surface area contributed by atoms with E-state index in [1.165, 1.54) is 10.5 Å². The van der Waals surface area contributed by atoms with Gasteiger partial charge in [0.05, 0.1) is 6.54 Å². The van der Waals surface area contributed by atoms with Crippen molar-refractivity contribution in [3.05, 3.63) is 90.3 Å². The SMILES string of the molecule is CN(CC(=O)N1CCN(Cc2ccccc2)CC1)C(=O)c1cccc(-n2cccc2)c1. The number of hydrogen-bond acceptors (Lipinski definition) is 3. The Morgan fingerprint density at radius 1 is 0.871 bits per heavy atom. The van der Waals surface area contributed by atoms with Crippen LogP contribution >= 0.6 is 0 Å². The van der Waals surface area contributed by atoms with E-state index in [9.17, 15) is 9.59 Å². The van der Waals surface area contributed by atoms with Crippen molar-refractivity contribution in [2.75, 3.05) is 39.8 Å². The van der Waals surface area contributed by atoms with Crippen molar-refractivity contribution >= 4 is 11.8 Å². The van der Waals surface area contributed by atoms with Gasteiger partial charge < -0.3 is 14.4 Å². The highest BCUT2D eigenvalue weighted by Crippen LogP contribution is 2.13. The van der Waals surface area contributed by atoms with Crippen LogP contribution in [-0.2, 0) is 11.3 Å². The zero-order valence-corrected chi connectivity index (χ0v) is 17.9. The summed E-state index contributed by atoms with van der Waals surface area (Å²) in [6, 6.07) is 21.7. The van der Waals surface area contributed by atoms with Gasteiger partial charge in [-0.25, -0.2) is 0 Å². The molecular formula is C25H28N4O2. The monoisotopic (exact) mass is 416 g/mol. The highest BCUT2D eigenvalue weighted by atomic mass is 16.2. The molecule has 6 nitrogen and oxygen atoms in total. The molecule has 0 atom stereocenters. The van der Waals surface area contributed by atoms with Crippen molar-refractivity contribution in [2.24, 2.45) is 0 Å². The molecule has 0 saturated carbocycles. The standard InChI is InChI=1S/C25H28N4O2/c1-26(25(31)22-10-7-11-23(18-22)28-12-5-6-13-28)20-24(30)29-16-14-27(15-17-29)19-21-8-3-2-4-9-21/h2-13,18H,14-17,19-20H2,1H3. The molecule has 0 N–H and O–H groups in total. The zero-order valence-electron chi connectivity index (χ0n) is 17.9. The Morgan fingerprint density at radius 3 is 2.29 bits per heavy atom. The Balaban J connectivity index is 1.30. The third-order valence-electron chi connectivity index (χ3n) is 5.69. The number of carbonyl (C=O) groups is 2. The molecule has 4 rings (SSSR count). The fourth-order valence-corrected chi connectivity index (χ4v) is 3.90. The fourth-order valence-electron chi connectivity index (χ4n) is 3.90. The second-order valence-corrected chi connectivity index (χ2v) is 7.94. The molecule has 3 aromatic rings. The van der Waals surface area contributed by atoms with Gasteiger partial charge in [-0.2, -0.15) is 0 Å². The van der Waals surface area contributed by atoms with Crippen LogP contribution in [-0.4, -0.2) is 70.9 Å². The number of aromatic nitrogens is 1. The fraction of sp³-hybridized carbons (Fsp3) is 0.280. The highest BCUT2D eigenvalue weighted by molar-refractivity contribution is 5.96. The second-order valence-electron chi connectivity index (χ2n) is 7.94. The van der Waals surface area contributed by atoms with Crippen LogP contribution in [0.1, 0.15) is 15.9 Å². The molecule has 1 fully saturated rings. The van der Waals surface area contributed by atoms with Crippen LogP contribution in [0.3, 0.4) is 0 Å². The van der Waals surface area contributed by atoms with Gasteiger partial charge in [-0.15, -0.1) is 0 Å². The summed E-state index contributed by atoms with van der Waals surface area (Å²) in [5.74, 6) is -0.151. The number of carbonyl (C=O) groups excluding carboxylic acids is 2. The maximum atomic E-state index is 12.9. The van der Waals surface area contributed by atoms with Gasteiger partial charge in [0.15, 0.2) is 0 Å². The van der Waals surface area contributed by atoms with E-state index in [0.29, 0.717) is 18.7 Å². The molecule has 1 aromatic heterocycles. The maximum absolute atomic E-state index is 12.9. The Morgan fingerprint density at radius 2 is 1.58 bits per heavy atom. The molecule has 160 valence electrons. The van der Waals surface area contributed by atoms with Gasteiger partial charge in [-0.3, -0.25) is 14.5 Å². The minimum Gasteiger partial charge on any atom is -0.339 e. The number of benzene rings is 2. The number of amides is 2. The predicted molar refractivity (Wildman–Crippen MR) is 121 cm³/mol. The molecular weight excluding hydrogens is 388 g/mol. The zero-order chi connectivity index (χ0) is 21.6. The third-order valence-corrected chi connectivity index (χ3v) is 5.69. The minimum absolute atomic E-state index is 0.00299. The van der Waals surface area contributed by atoms with Crippen LogP contribution in [0, 0.1) is 0 Å². The van der Waals surface area contributed by atoms with Crippen molar-refractivity contribution in [3.63, 3.8) is 0 Å². The molecule has 0 radical (unpaired) electrons. The first-order valence-corrected chi connectivity index (χ1v) is 10.6. The van der Waals surface area contributed by atoms with Gasteiger partial charge in [0.1, 0.15) is 0 Å². The second kappa shape index (κ2) is 9.62. The number of likely N-dealkylation sites (N-methyl/N-ethyl adjacent to an activating group) is 1. The predicted octanol–water partition coefficient (Wildman–Crippen LogP) is 2.89. The lowest BCUT2D eigenvalue weighted by molar-refractivity contribution is -0.133. The molecule has 1 aliphatic rings. The summed E-state index contributed by atoms with van der Waals surface area (Å²) < 4.78 is 1.96. The van der Waals surface area contributed by atoms with E-state index in [4.69, 9.17) is 0 Å². The molecule has 6 heteroatoms. The largest absolute Gasteiger partial charge is 0.339 e. The van der Waals surface area contributed by atoms with E-state index in [1.807, 2.05) is 58.3 Å².